The van der Waals surface area contributed by atoms with Crippen LogP contribution in [0.3, 0.4) is 0 Å². The average Bonchev–Trinajstić information content (AvgIpc) is 3.26. The molecule has 11 heteroatoms. The van der Waals surface area contributed by atoms with E-state index in [4.69, 9.17) is 32.4 Å². The smallest absolute Gasteiger partial charge is 0.295 e. The van der Waals surface area contributed by atoms with Gasteiger partial charge in [0.1, 0.15) is 11.2 Å². The summed E-state index contributed by atoms with van der Waals surface area (Å²) in [5, 5.41) is 4.42. The number of hydrogen-bond acceptors (Lipinski definition) is 8. The number of rotatable bonds is 6. The van der Waals surface area contributed by atoms with E-state index in [-0.39, 0.29) is 11.9 Å². The molecule has 0 spiro atoms. The highest BCUT2D eigenvalue weighted by Gasteiger charge is 2.36. The van der Waals surface area contributed by atoms with Gasteiger partial charge in [0.25, 0.3) is 11.9 Å². The molecule has 0 unspecified atom stereocenters. The zero-order chi connectivity index (χ0) is 25.4. The molecule has 1 saturated heterocycles. The molecule has 36 heavy (non-hydrogen) atoms. The van der Waals surface area contributed by atoms with Gasteiger partial charge < -0.3 is 29.2 Å². The maximum absolute atomic E-state index is 13.6. The van der Waals surface area contributed by atoms with Gasteiger partial charge in [0.2, 0.25) is 0 Å². The van der Waals surface area contributed by atoms with Crippen LogP contribution in [0.15, 0.2) is 28.9 Å². The third-order valence-electron chi connectivity index (χ3n) is 6.77. The number of pyridine rings is 1. The van der Waals surface area contributed by atoms with Crippen molar-refractivity contribution in [2.75, 3.05) is 63.6 Å². The topological polar surface area (TPSA) is 87.0 Å². The average molecular weight is 533 g/mol. The summed E-state index contributed by atoms with van der Waals surface area (Å²) in [4.78, 5) is 28.5. The lowest BCUT2D eigenvalue weighted by atomic mass is 9.93. The molecule has 2 aliphatic heterocycles. The van der Waals surface area contributed by atoms with E-state index in [1.165, 1.54) is 0 Å². The molecule has 192 valence electrons. The first-order chi connectivity index (χ1) is 17.3. The van der Waals surface area contributed by atoms with Gasteiger partial charge in [-0.2, -0.15) is 4.98 Å². The standard InChI is InChI=1S/C25H30Cl2N6O3/c1-15-22-16(10-17(26)11-18(22)27)4-6-33(15)24(34)21-14-32(8-9-35-21)20-13-28-12-19-23(20)36-25(30-19)29-5-7-31(2)3/h10-13,15,21H,4-9,14H2,1-3H3,(H,29,30)/t15-,21-/m0/s1. The molecular formula is C25H30Cl2N6O3. The third kappa shape index (κ3) is 4.98. The van der Waals surface area contributed by atoms with E-state index in [9.17, 15) is 4.79 Å². The van der Waals surface area contributed by atoms with Crippen molar-refractivity contribution < 1.29 is 13.9 Å². The van der Waals surface area contributed by atoms with Crippen LogP contribution in [0.25, 0.3) is 11.1 Å². The SMILES string of the molecule is C[C@H]1c2c(Cl)cc(Cl)cc2CCN1C(=O)[C@@H]1CN(c2cncc3nc(NCCN(C)C)oc23)CCO1. The lowest BCUT2D eigenvalue weighted by molar-refractivity contribution is -0.147. The second-order valence-electron chi connectivity index (χ2n) is 9.48. The van der Waals surface area contributed by atoms with Gasteiger partial charge in [-0.05, 0) is 50.7 Å². The van der Waals surface area contributed by atoms with Gasteiger partial charge in [-0.25, -0.2) is 0 Å². The Morgan fingerprint density at radius 1 is 1.25 bits per heavy atom. The zero-order valence-corrected chi connectivity index (χ0v) is 22.1. The molecule has 3 aromatic rings. The third-order valence-corrected chi connectivity index (χ3v) is 7.30. The van der Waals surface area contributed by atoms with Crippen LogP contribution in [0.2, 0.25) is 10.0 Å². The normalized spacial score (nSPS) is 20.2. The van der Waals surface area contributed by atoms with Gasteiger partial charge in [-0.15, -0.1) is 0 Å². The predicted octanol–water partition coefficient (Wildman–Crippen LogP) is 3.85. The summed E-state index contributed by atoms with van der Waals surface area (Å²) < 4.78 is 12.0. The van der Waals surface area contributed by atoms with E-state index in [2.05, 4.69) is 25.1 Å². The van der Waals surface area contributed by atoms with Crippen molar-refractivity contribution in [1.82, 2.24) is 19.8 Å². The van der Waals surface area contributed by atoms with Crippen LogP contribution in [-0.4, -0.2) is 85.2 Å². The van der Waals surface area contributed by atoms with Crippen molar-refractivity contribution in [3.05, 3.63) is 45.7 Å². The number of benzene rings is 1. The number of morpholine rings is 1. The Morgan fingerprint density at radius 3 is 2.89 bits per heavy atom. The minimum Gasteiger partial charge on any atom is -0.421 e. The van der Waals surface area contributed by atoms with Crippen molar-refractivity contribution in [3.8, 4) is 0 Å². The lowest BCUT2D eigenvalue weighted by Gasteiger charge is -2.40. The molecule has 1 fully saturated rings. The number of nitrogens with one attached hydrogen (secondary N) is 1. The molecule has 1 N–H and O–H groups in total. The molecular weight excluding hydrogens is 503 g/mol. The minimum atomic E-state index is -0.607. The van der Waals surface area contributed by atoms with E-state index < -0.39 is 6.10 Å². The largest absolute Gasteiger partial charge is 0.421 e. The molecule has 1 aromatic carbocycles. The van der Waals surface area contributed by atoms with Crippen molar-refractivity contribution in [2.24, 2.45) is 0 Å². The monoisotopic (exact) mass is 532 g/mol. The molecule has 1 amide bonds. The van der Waals surface area contributed by atoms with Crippen LogP contribution in [0.1, 0.15) is 24.1 Å². The molecule has 2 atom stereocenters. The van der Waals surface area contributed by atoms with E-state index in [0.29, 0.717) is 66.4 Å². The minimum absolute atomic E-state index is 0.0485. The number of aromatic nitrogens is 2. The van der Waals surface area contributed by atoms with Gasteiger partial charge in [-0.3, -0.25) is 9.78 Å². The van der Waals surface area contributed by atoms with Crippen LogP contribution in [-0.2, 0) is 16.0 Å². The quantitative estimate of drug-likeness (QED) is 0.512. The highest BCUT2D eigenvalue weighted by molar-refractivity contribution is 6.35. The fourth-order valence-electron chi connectivity index (χ4n) is 4.93. The Morgan fingerprint density at radius 2 is 2.08 bits per heavy atom. The first kappa shape index (κ1) is 25.1. The van der Waals surface area contributed by atoms with E-state index in [1.54, 1.807) is 18.5 Å². The number of carbonyl (C=O) groups is 1. The maximum atomic E-state index is 13.6. The maximum Gasteiger partial charge on any atom is 0.295 e. The number of oxazole rings is 1. The highest BCUT2D eigenvalue weighted by atomic mass is 35.5. The van der Waals surface area contributed by atoms with Crippen LogP contribution in [0, 0.1) is 0 Å². The lowest BCUT2D eigenvalue weighted by Crippen LogP contribution is -2.53. The van der Waals surface area contributed by atoms with Gasteiger partial charge >= 0.3 is 0 Å². The van der Waals surface area contributed by atoms with Crippen LogP contribution >= 0.6 is 23.2 Å². The number of anilines is 2. The zero-order valence-electron chi connectivity index (χ0n) is 20.6. The Balaban J connectivity index is 1.32. The van der Waals surface area contributed by atoms with Crippen LogP contribution in [0.4, 0.5) is 11.7 Å². The van der Waals surface area contributed by atoms with Crippen molar-refractivity contribution >= 4 is 51.9 Å². The summed E-state index contributed by atoms with van der Waals surface area (Å²) in [6.45, 7) is 5.60. The molecule has 0 aliphatic carbocycles. The van der Waals surface area contributed by atoms with Crippen LogP contribution < -0.4 is 10.2 Å². The van der Waals surface area contributed by atoms with Crippen molar-refractivity contribution in [1.29, 1.82) is 0 Å². The molecule has 4 heterocycles. The number of likely N-dealkylation sites (N-methyl/N-ethyl adjacent to an activating group) is 1. The van der Waals surface area contributed by atoms with Gasteiger partial charge in [-0.1, -0.05) is 23.2 Å². The summed E-state index contributed by atoms with van der Waals surface area (Å²) in [6, 6.07) is 3.97. The fraction of sp³-hybridized carbons (Fsp3) is 0.480. The molecule has 0 radical (unpaired) electrons. The fourth-order valence-corrected chi connectivity index (χ4v) is 5.63. The number of amides is 1. The van der Waals surface area contributed by atoms with Gasteiger partial charge in [0, 0.05) is 36.2 Å². The van der Waals surface area contributed by atoms with Crippen molar-refractivity contribution in [2.45, 2.75) is 25.5 Å². The number of fused-ring (bicyclic) bond motifs is 2. The summed E-state index contributed by atoms with van der Waals surface area (Å²) in [5.41, 5.74) is 4.17. The summed E-state index contributed by atoms with van der Waals surface area (Å²) in [6.07, 6.45) is 3.54. The van der Waals surface area contributed by atoms with Crippen molar-refractivity contribution in [3.63, 3.8) is 0 Å². The van der Waals surface area contributed by atoms with Gasteiger partial charge in [0.05, 0.1) is 31.6 Å². The Kier molecular flexibility index (Phi) is 7.25. The highest BCUT2D eigenvalue weighted by Crippen LogP contribution is 2.38. The Hall–Kier alpha value is -2.59. The van der Waals surface area contributed by atoms with Crippen LogP contribution in [0.5, 0.6) is 0 Å². The first-order valence-corrected chi connectivity index (χ1v) is 12.9. The van der Waals surface area contributed by atoms with Gasteiger partial charge in [0.15, 0.2) is 11.7 Å². The summed E-state index contributed by atoms with van der Waals surface area (Å²) >= 11 is 12.7. The molecule has 0 saturated carbocycles. The van der Waals surface area contributed by atoms with E-state index >= 15 is 0 Å². The molecule has 2 aliphatic rings. The predicted molar refractivity (Wildman–Crippen MR) is 141 cm³/mol. The Bertz CT molecular complexity index is 1270. The Labute approximate surface area is 220 Å². The summed E-state index contributed by atoms with van der Waals surface area (Å²) in [7, 11) is 4.03. The summed E-state index contributed by atoms with van der Waals surface area (Å²) in [5.74, 6) is -0.0485. The number of ether oxygens (including phenoxy) is 1. The second kappa shape index (κ2) is 10.4. The molecule has 2 aromatic heterocycles. The van der Waals surface area contributed by atoms with E-state index in [0.717, 1.165) is 23.4 Å². The number of hydrogen-bond donors (Lipinski definition) is 1. The number of halogens is 2. The number of nitrogens with zero attached hydrogens (tertiary/aromatic N) is 5. The number of carbonyl (C=O) groups excluding carboxylic acids is 1. The molecule has 0 bridgehead atoms. The van der Waals surface area contributed by atoms with E-state index in [1.807, 2.05) is 32.0 Å². The molecule has 9 nitrogen and oxygen atoms in total. The molecule has 5 rings (SSSR count). The first-order valence-electron chi connectivity index (χ1n) is 12.1. The second-order valence-corrected chi connectivity index (χ2v) is 10.3.